The minimum Gasteiger partial charge on any atom is -0.370 e. The van der Waals surface area contributed by atoms with Gasteiger partial charge in [0.1, 0.15) is 0 Å². The van der Waals surface area contributed by atoms with Crippen LogP contribution in [0.2, 0.25) is 0 Å². The summed E-state index contributed by atoms with van der Waals surface area (Å²) in [5.41, 5.74) is 33.9. The number of rotatable bonds is 36. The van der Waals surface area contributed by atoms with Gasteiger partial charge in [0.2, 0.25) is 0 Å². The van der Waals surface area contributed by atoms with Crippen LogP contribution in [0.15, 0.2) is 20.0 Å². The van der Waals surface area contributed by atoms with E-state index in [1.165, 1.54) is 44.9 Å². The molecule has 0 radical (unpaired) electrons. The summed E-state index contributed by atoms with van der Waals surface area (Å²) in [7, 11) is 0. The van der Waals surface area contributed by atoms with E-state index in [1.807, 2.05) is 0 Å². The van der Waals surface area contributed by atoms with Gasteiger partial charge in [-0.25, -0.2) is 4.79 Å². The van der Waals surface area contributed by atoms with Gasteiger partial charge in [-0.3, -0.25) is 20.0 Å². The topological polar surface area (TPSA) is 253 Å². The fourth-order valence-electron chi connectivity index (χ4n) is 6.63. The number of unbranched alkanes of at least 4 members (excludes halogenated alkanes) is 16. The third-order valence-corrected chi connectivity index (χ3v) is 10.6. The standard InChI is InChI=1S/C41H84N14O/c42-37(43)48-25-13-5-1-3-9-17-29-54(30-18-10-4-2-6-15-27-50-39(46)52-33-35-21-22-35)41(56)55(31-19-11-7-14-26-49-38(44)45)32-20-12-8-16-28-51-40(47)53-34-36-23-24-36/h35-36H,1-34H2,(H4,42,43,48)(H4,44,45,49)(H3,46,50,52)(H3,47,51,53). The molecule has 0 aromatic rings. The fraction of sp³-hybridized carbons (Fsp3) is 0.878. The van der Waals surface area contributed by atoms with Crippen molar-refractivity contribution in [2.24, 2.45) is 66.2 Å². The number of nitrogens with two attached hydrogens (primary N) is 6. The molecule has 14 N–H and O–H groups in total. The van der Waals surface area contributed by atoms with Crippen LogP contribution in [0.3, 0.4) is 0 Å². The van der Waals surface area contributed by atoms with Gasteiger partial charge in [0.05, 0.1) is 0 Å². The van der Waals surface area contributed by atoms with Gasteiger partial charge >= 0.3 is 6.03 Å². The predicted molar refractivity (Wildman–Crippen MR) is 237 cm³/mol. The van der Waals surface area contributed by atoms with Gasteiger partial charge in [0, 0.05) is 65.4 Å². The summed E-state index contributed by atoms with van der Waals surface area (Å²) in [4.78, 5) is 35.6. The maximum atomic E-state index is 14.2. The van der Waals surface area contributed by atoms with Crippen LogP contribution in [0.5, 0.6) is 0 Å². The molecule has 0 bridgehead atoms. The minimum atomic E-state index is 0.147. The van der Waals surface area contributed by atoms with Crippen molar-refractivity contribution in [2.75, 3.05) is 65.4 Å². The molecule has 0 aromatic heterocycles. The number of hydrogen-bond acceptors (Lipinski definition) is 5. The molecule has 0 spiro atoms. The molecule has 15 heteroatoms. The largest absolute Gasteiger partial charge is 0.370 e. The van der Waals surface area contributed by atoms with E-state index < -0.39 is 0 Å². The molecule has 2 rings (SSSR count). The first-order chi connectivity index (χ1) is 27.2. The molecule has 2 fully saturated rings. The molecule has 0 saturated heterocycles. The van der Waals surface area contributed by atoms with Crippen LogP contribution >= 0.6 is 0 Å². The maximum absolute atomic E-state index is 14.2. The number of hydrogen-bond donors (Lipinski definition) is 8. The van der Waals surface area contributed by atoms with Crippen LogP contribution in [0.1, 0.15) is 154 Å². The molecule has 2 aliphatic rings. The molecule has 56 heavy (non-hydrogen) atoms. The van der Waals surface area contributed by atoms with Gasteiger partial charge in [0.25, 0.3) is 0 Å². The monoisotopic (exact) mass is 789 g/mol. The summed E-state index contributed by atoms with van der Waals surface area (Å²) in [6.45, 7) is 7.99. The Kier molecular flexibility index (Phi) is 28.1. The normalized spacial score (nSPS) is 14.4. The maximum Gasteiger partial charge on any atom is 0.319 e. The quantitative estimate of drug-likeness (QED) is 0.0249. The van der Waals surface area contributed by atoms with Crippen molar-refractivity contribution in [3.8, 4) is 0 Å². The second-order valence-electron chi connectivity index (χ2n) is 16.1. The van der Waals surface area contributed by atoms with Crippen LogP contribution in [-0.4, -0.2) is 105 Å². The summed E-state index contributed by atoms with van der Waals surface area (Å²) >= 11 is 0. The Labute approximate surface area is 340 Å². The van der Waals surface area contributed by atoms with Crippen molar-refractivity contribution in [3.63, 3.8) is 0 Å². The molecular weight excluding hydrogens is 705 g/mol. The highest BCUT2D eigenvalue weighted by Crippen LogP contribution is 2.29. The first-order valence-corrected chi connectivity index (χ1v) is 22.5. The number of carbonyl (C=O) groups is 1. The van der Waals surface area contributed by atoms with Crippen LogP contribution in [0.25, 0.3) is 0 Å². The second kappa shape index (κ2) is 32.4. The summed E-state index contributed by atoms with van der Waals surface area (Å²) in [5, 5.41) is 6.52. The van der Waals surface area contributed by atoms with E-state index >= 15 is 0 Å². The average molecular weight is 789 g/mol. The molecule has 15 nitrogen and oxygen atoms in total. The molecular formula is C41H84N14O. The summed E-state index contributed by atoms with van der Waals surface area (Å²) in [6, 6.07) is 0.205. The Morgan fingerprint density at radius 1 is 0.429 bits per heavy atom. The molecule has 0 aromatic carbocycles. The zero-order valence-corrected chi connectivity index (χ0v) is 35.3. The first kappa shape index (κ1) is 48.5. The van der Waals surface area contributed by atoms with E-state index in [9.17, 15) is 4.79 Å². The Hall–Kier alpha value is -3.65. The Bertz CT molecular complexity index is 1110. The smallest absolute Gasteiger partial charge is 0.319 e. The first-order valence-electron chi connectivity index (χ1n) is 22.5. The summed E-state index contributed by atoms with van der Waals surface area (Å²) in [6.07, 6.45) is 26.8. The highest BCUT2D eigenvalue weighted by atomic mass is 16.2. The molecule has 0 heterocycles. The SMILES string of the molecule is NC(N)=NCCCCCCCCN(CCCCCCCCNC(N)=NCC1CC1)C(=O)N(CCCCCCN=C(N)N)CCCCCCNC(N)=NCC1CC1. The van der Waals surface area contributed by atoms with Crippen LogP contribution < -0.4 is 45.0 Å². The summed E-state index contributed by atoms with van der Waals surface area (Å²) < 4.78 is 0. The zero-order valence-electron chi connectivity index (χ0n) is 35.3. The highest BCUT2D eigenvalue weighted by molar-refractivity contribution is 5.78. The van der Waals surface area contributed by atoms with Crippen molar-refractivity contribution in [3.05, 3.63) is 0 Å². The number of amides is 2. The fourth-order valence-corrected chi connectivity index (χ4v) is 6.63. The van der Waals surface area contributed by atoms with Gasteiger partial charge in [-0.15, -0.1) is 0 Å². The van der Waals surface area contributed by atoms with E-state index in [1.54, 1.807) is 0 Å². The number of nitrogens with zero attached hydrogens (tertiary/aromatic N) is 6. The molecule has 2 amide bonds. The second-order valence-corrected chi connectivity index (χ2v) is 16.1. The van der Waals surface area contributed by atoms with Gasteiger partial charge in [-0.1, -0.05) is 77.0 Å². The predicted octanol–water partition coefficient (Wildman–Crippen LogP) is 4.69. The lowest BCUT2D eigenvalue weighted by Crippen LogP contribution is -2.45. The van der Waals surface area contributed by atoms with Crippen LogP contribution in [-0.2, 0) is 0 Å². The molecule has 0 atom stereocenters. The lowest BCUT2D eigenvalue weighted by molar-refractivity contribution is 0.148. The van der Waals surface area contributed by atoms with E-state index in [0.717, 1.165) is 173 Å². The van der Waals surface area contributed by atoms with Gasteiger partial charge in [0.15, 0.2) is 23.8 Å². The number of guanidine groups is 4. The molecule has 324 valence electrons. The van der Waals surface area contributed by atoms with Crippen molar-refractivity contribution in [1.29, 1.82) is 0 Å². The lowest BCUT2D eigenvalue weighted by Gasteiger charge is -2.31. The number of carbonyl (C=O) groups excluding carboxylic acids is 1. The zero-order chi connectivity index (χ0) is 40.5. The highest BCUT2D eigenvalue weighted by Gasteiger charge is 2.22. The van der Waals surface area contributed by atoms with Crippen molar-refractivity contribution >= 4 is 29.9 Å². The van der Waals surface area contributed by atoms with E-state index in [-0.39, 0.29) is 18.0 Å². The third-order valence-electron chi connectivity index (χ3n) is 10.6. The Morgan fingerprint density at radius 3 is 1.05 bits per heavy atom. The molecule has 0 aliphatic heterocycles. The van der Waals surface area contributed by atoms with E-state index in [2.05, 4.69) is 40.4 Å². The van der Waals surface area contributed by atoms with Gasteiger partial charge < -0.3 is 54.8 Å². The van der Waals surface area contributed by atoms with Crippen molar-refractivity contribution in [2.45, 2.75) is 154 Å². The van der Waals surface area contributed by atoms with Crippen molar-refractivity contribution < 1.29 is 4.79 Å². The number of aliphatic imine (C=N–C) groups is 4. The molecule has 0 unspecified atom stereocenters. The van der Waals surface area contributed by atoms with Gasteiger partial charge in [-0.2, -0.15) is 0 Å². The Balaban J connectivity index is 1.82. The van der Waals surface area contributed by atoms with E-state index in [4.69, 9.17) is 34.4 Å². The van der Waals surface area contributed by atoms with E-state index in [0.29, 0.717) is 25.0 Å². The van der Waals surface area contributed by atoms with Crippen LogP contribution in [0.4, 0.5) is 4.79 Å². The molecule has 2 aliphatic carbocycles. The third kappa shape index (κ3) is 29.6. The summed E-state index contributed by atoms with van der Waals surface area (Å²) in [5.74, 6) is 2.96. The lowest BCUT2D eigenvalue weighted by atomic mass is 10.1. The molecule has 2 saturated carbocycles. The van der Waals surface area contributed by atoms with Crippen LogP contribution in [0, 0.1) is 11.8 Å². The van der Waals surface area contributed by atoms with Crippen molar-refractivity contribution in [1.82, 2.24) is 20.4 Å². The average Bonchev–Trinajstić information content (AvgIpc) is 4.11. The minimum absolute atomic E-state index is 0.147. The Morgan fingerprint density at radius 2 is 0.732 bits per heavy atom. The number of nitrogens with one attached hydrogen (secondary N) is 2. The number of urea groups is 1. The van der Waals surface area contributed by atoms with Gasteiger partial charge in [-0.05, 0) is 88.9 Å².